The van der Waals surface area contributed by atoms with Gasteiger partial charge >= 0.3 is 5.97 Å². The minimum atomic E-state index is -1.20. The molecule has 0 heterocycles. The number of allylic oxidation sites excluding steroid dienone is 1. The van der Waals surface area contributed by atoms with E-state index in [4.69, 9.17) is 5.11 Å². The van der Waals surface area contributed by atoms with Crippen molar-refractivity contribution in [3.63, 3.8) is 0 Å². The highest BCUT2D eigenvalue weighted by atomic mass is 16.4. The predicted octanol–water partition coefficient (Wildman–Crippen LogP) is -0.215. The molecule has 0 aliphatic heterocycles. The number of hydrogen-bond donors (Lipinski definition) is 1. The third-order valence-electron chi connectivity index (χ3n) is 1.44. The van der Waals surface area contributed by atoms with Crippen molar-refractivity contribution in [2.45, 2.75) is 6.42 Å². The lowest BCUT2D eigenvalue weighted by Crippen LogP contribution is -2.26. The first-order valence-electron chi connectivity index (χ1n) is 3.08. The standard InChI is InChI=1S/C7H6O4/c8-4-1-2-5(7(10)11)6(9)3-4/h1-2,5H,3H2,(H,10,11). The van der Waals surface area contributed by atoms with Crippen LogP contribution in [0.15, 0.2) is 12.2 Å². The largest absolute Gasteiger partial charge is 0.480 e. The van der Waals surface area contributed by atoms with Gasteiger partial charge in [-0.15, -0.1) is 0 Å². The van der Waals surface area contributed by atoms with Crippen molar-refractivity contribution >= 4 is 17.5 Å². The highest BCUT2D eigenvalue weighted by molar-refractivity contribution is 6.14. The molecule has 4 nitrogen and oxygen atoms in total. The number of rotatable bonds is 1. The highest BCUT2D eigenvalue weighted by Gasteiger charge is 2.27. The van der Waals surface area contributed by atoms with Gasteiger partial charge in [0.25, 0.3) is 0 Å². The van der Waals surface area contributed by atoms with E-state index in [2.05, 4.69) is 0 Å². The molecule has 1 rings (SSSR count). The SMILES string of the molecule is O=C1C=CC(C(=O)O)C(=O)C1. The second-order valence-electron chi connectivity index (χ2n) is 2.28. The Labute approximate surface area is 62.5 Å². The van der Waals surface area contributed by atoms with E-state index in [-0.39, 0.29) is 12.2 Å². The van der Waals surface area contributed by atoms with Crippen LogP contribution in [-0.4, -0.2) is 22.6 Å². The van der Waals surface area contributed by atoms with Crippen molar-refractivity contribution in [2.24, 2.45) is 5.92 Å². The maximum atomic E-state index is 10.8. The summed E-state index contributed by atoms with van der Waals surface area (Å²) in [5.41, 5.74) is 0. The fourth-order valence-corrected chi connectivity index (χ4v) is 0.872. The molecule has 0 bridgehead atoms. The molecule has 1 atom stereocenters. The number of carboxylic acids is 1. The van der Waals surface area contributed by atoms with Gasteiger partial charge in [-0.1, -0.05) is 6.08 Å². The summed E-state index contributed by atoms with van der Waals surface area (Å²) in [6, 6.07) is 0. The minimum absolute atomic E-state index is 0.284. The van der Waals surface area contributed by atoms with Gasteiger partial charge in [0.15, 0.2) is 11.6 Å². The Morgan fingerprint density at radius 1 is 1.55 bits per heavy atom. The molecular weight excluding hydrogens is 148 g/mol. The van der Waals surface area contributed by atoms with Crippen molar-refractivity contribution in [1.82, 2.24) is 0 Å². The van der Waals surface area contributed by atoms with Gasteiger partial charge in [-0.05, 0) is 6.08 Å². The van der Waals surface area contributed by atoms with E-state index >= 15 is 0 Å². The van der Waals surface area contributed by atoms with E-state index in [0.29, 0.717) is 0 Å². The number of carboxylic acid groups (broad SMARTS) is 1. The second-order valence-corrected chi connectivity index (χ2v) is 2.28. The molecule has 0 aromatic rings. The van der Waals surface area contributed by atoms with Gasteiger partial charge in [-0.25, -0.2) is 0 Å². The summed E-state index contributed by atoms with van der Waals surface area (Å²) in [7, 11) is 0. The van der Waals surface area contributed by atoms with Crippen LogP contribution in [0.1, 0.15) is 6.42 Å². The van der Waals surface area contributed by atoms with E-state index in [0.717, 1.165) is 12.2 Å². The van der Waals surface area contributed by atoms with E-state index in [1.165, 1.54) is 0 Å². The maximum absolute atomic E-state index is 10.8. The third kappa shape index (κ3) is 1.52. The van der Waals surface area contributed by atoms with Crippen LogP contribution >= 0.6 is 0 Å². The van der Waals surface area contributed by atoms with E-state index in [1.807, 2.05) is 0 Å². The first-order chi connectivity index (χ1) is 5.11. The summed E-state index contributed by atoms with van der Waals surface area (Å²) < 4.78 is 0. The molecule has 58 valence electrons. The molecule has 1 unspecified atom stereocenters. The first kappa shape index (κ1) is 7.65. The normalized spacial score (nSPS) is 23.8. The third-order valence-corrected chi connectivity index (χ3v) is 1.44. The lowest BCUT2D eigenvalue weighted by Gasteiger charge is -2.08. The molecule has 0 aromatic carbocycles. The van der Waals surface area contributed by atoms with Crippen LogP contribution in [0.4, 0.5) is 0 Å². The Morgan fingerprint density at radius 2 is 2.18 bits per heavy atom. The molecule has 0 radical (unpaired) electrons. The minimum Gasteiger partial charge on any atom is -0.480 e. The van der Waals surface area contributed by atoms with Crippen molar-refractivity contribution < 1.29 is 19.5 Å². The van der Waals surface area contributed by atoms with Gasteiger partial charge in [0.2, 0.25) is 0 Å². The van der Waals surface area contributed by atoms with Crippen molar-refractivity contribution in [3.05, 3.63) is 12.2 Å². The molecule has 0 saturated heterocycles. The average molecular weight is 154 g/mol. The highest BCUT2D eigenvalue weighted by Crippen LogP contribution is 2.10. The van der Waals surface area contributed by atoms with Gasteiger partial charge in [0.05, 0.1) is 6.42 Å². The molecule has 0 aromatic heterocycles. The topological polar surface area (TPSA) is 71.4 Å². The van der Waals surface area contributed by atoms with Crippen LogP contribution in [0.25, 0.3) is 0 Å². The molecule has 0 saturated carbocycles. The number of ketones is 2. The van der Waals surface area contributed by atoms with Crippen LogP contribution in [0, 0.1) is 5.92 Å². The fraction of sp³-hybridized carbons (Fsp3) is 0.286. The fourth-order valence-electron chi connectivity index (χ4n) is 0.872. The van der Waals surface area contributed by atoms with Crippen LogP contribution in [-0.2, 0) is 14.4 Å². The molecule has 1 N–H and O–H groups in total. The summed E-state index contributed by atoms with van der Waals surface area (Å²) in [6.07, 6.45) is 1.98. The van der Waals surface area contributed by atoms with Crippen molar-refractivity contribution in [2.75, 3.05) is 0 Å². The average Bonchev–Trinajstić information content (AvgIpc) is 1.85. The number of hydrogen-bond acceptors (Lipinski definition) is 3. The molecule has 1 aliphatic carbocycles. The molecule has 1 aliphatic rings. The summed E-state index contributed by atoms with van der Waals surface area (Å²) in [5.74, 6) is -3.18. The van der Waals surface area contributed by atoms with Crippen LogP contribution < -0.4 is 0 Å². The molecule has 0 spiro atoms. The molecule has 0 fully saturated rings. The molecule has 0 amide bonds. The summed E-state index contributed by atoms with van der Waals surface area (Å²) in [5, 5.41) is 8.41. The van der Waals surface area contributed by atoms with Gasteiger partial charge < -0.3 is 5.11 Å². The summed E-state index contributed by atoms with van der Waals surface area (Å²) >= 11 is 0. The van der Waals surface area contributed by atoms with Crippen LogP contribution in [0.5, 0.6) is 0 Å². The van der Waals surface area contributed by atoms with Gasteiger partial charge in [0, 0.05) is 0 Å². The second kappa shape index (κ2) is 2.65. The van der Waals surface area contributed by atoms with Crippen molar-refractivity contribution in [3.8, 4) is 0 Å². The Hall–Kier alpha value is -1.45. The lowest BCUT2D eigenvalue weighted by molar-refractivity contribution is -0.144. The Balaban J connectivity index is 2.85. The Morgan fingerprint density at radius 3 is 2.64 bits per heavy atom. The van der Waals surface area contributed by atoms with Gasteiger partial charge in [0.1, 0.15) is 5.92 Å². The predicted molar refractivity (Wildman–Crippen MR) is 34.9 cm³/mol. The zero-order valence-corrected chi connectivity index (χ0v) is 5.61. The van der Waals surface area contributed by atoms with E-state index in [1.54, 1.807) is 0 Å². The maximum Gasteiger partial charge on any atom is 0.317 e. The monoisotopic (exact) mass is 154 g/mol. The quantitative estimate of drug-likeness (QED) is 0.530. The first-order valence-corrected chi connectivity index (χ1v) is 3.08. The van der Waals surface area contributed by atoms with Gasteiger partial charge in [-0.3, -0.25) is 14.4 Å². The Bertz CT molecular complexity index is 251. The van der Waals surface area contributed by atoms with E-state index < -0.39 is 17.7 Å². The smallest absolute Gasteiger partial charge is 0.317 e. The molecule has 11 heavy (non-hydrogen) atoms. The molecular formula is C7H6O4. The Kier molecular flexibility index (Phi) is 1.85. The number of aliphatic carboxylic acids is 1. The summed E-state index contributed by atoms with van der Waals surface area (Å²) in [4.78, 5) is 31.6. The number of carbonyl (C=O) groups excluding carboxylic acids is 2. The van der Waals surface area contributed by atoms with E-state index in [9.17, 15) is 14.4 Å². The zero-order chi connectivity index (χ0) is 8.43. The van der Waals surface area contributed by atoms with Gasteiger partial charge in [-0.2, -0.15) is 0 Å². The number of Topliss-reactive ketones (excluding diaryl/α,β-unsaturated/α-hetero) is 1. The molecule has 4 heteroatoms. The zero-order valence-electron chi connectivity index (χ0n) is 5.61. The van der Waals surface area contributed by atoms with Crippen LogP contribution in [0.2, 0.25) is 0 Å². The van der Waals surface area contributed by atoms with Crippen molar-refractivity contribution in [1.29, 1.82) is 0 Å². The van der Waals surface area contributed by atoms with Crippen LogP contribution in [0.3, 0.4) is 0 Å². The number of carbonyl (C=O) groups is 3. The summed E-state index contributed by atoms with van der Waals surface area (Å²) in [6.45, 7) is 0. The lowest BCUT2D eigenvalue weighted by atomic mass is 9.94.